The first-order valence-corrected chi connectivity index (χ1v) is 10.6. The Labute approximate surface area is 190 Å². The van der Waals surface area contributed by atoms with Gasteiger partial charge in [0.2, 0.25) is 5.89 Å². The minimum Gasteiger partial charge on any atom is -0.487 e. The summed E-state index contributed by atoms with van der Waals surface area (Å²) < 4.78 is 26.7. The van der Waals surface area contributed by atoms with Gasteiger partial charge in [-0.05, 0) is 55.3 Å². The van der Waals surface area contributed by atoms with Crippen LogP contribution in [0.1, 0.15) is 45.9 Å². The second-order valence-electron chi connectivity index (χ2n) is 7.54. The molecule has 0 spiro atoms. The second-order valence-corrected chi connectivity index (χ2v) is 7.54. The van der Waals surface area contributed by atoms with Crippen LogP contribution in [-0.2, 0) is 13.2 Å². The van der Waals surface area contributed by atoms with Crippen LogP contribution in [0.5, 0.6) is 5.75 Å². The van der Waals surface area contributed by atoms with Crippen LogP contribution in [0.15, 0.2) is 65.5 Å². The fourth-order valence-electron chi connectivity index (χ4n) is 3.19. The molecule has 0 atom stereocenters. The van der Waals surface area contributed by atoms with Crippen LogP contribution in [0, 0.1) is 12.7 Å². The third-order valence-corrected chi connectivity index (χ3v) is 4.96. The fraction of sp³-hybridized carbons (Fsp3) is 0.200. The summed E-state index contributed by atoms with van der Waals surface area (Å²) in [5, 5.41) is 7.63. The largest absolute Gasteiger partial charge is 0.487 e. The minimum absolute atomic E-state index is 0.0691. The molecule has 2 aromatic carbocycles. The van der Waals surface area contributed by atoms with Crippen molar-refractivity contribution in [3.8, 4) is 5.75 Å². The van der Waals surface area contributed by atoms with Gasteiger partial charge in [-0.15, -0.1) is 5.10 Å². The number of benzene rings is 2. The molecule has 4 aromatic rings. The third kappa shape index (κ3) is 6.22. The quantitative estimate of drug-likeness (QED) is 0.314. The van der Waals surface area contributed by atoms with Crippen molar-refractivity contribution >= 4 is 17.9 Å². The number of carbonyl (C=O) groups excluding carboxylic acids is 1. The Balaban J connectivity index is 1.26. The maximum atomic E-state index is 13.9. The van der Waals surface area contributed by atoms with Gasteiger partial charge in [0.1, 0.15) is 30.1 Å². The lowest BCUT2D eigenvalue weighted by Gasteiger charge is -2.05. The molecule has 4 rings (SSSR count). The van der Waals surface area contributed by atoms with Crippen LogP contribution in [-0.4, -0.2) is 25.8 Å². The number of carbonyl (C=O) groups is 1. The number of Topliss-reactive ketones (excluding diaryl/α,β-unsaturated/α-hetero) is 1. The SMILES string of the molecule is Cc1ccc(/C=C/c2nc(COc3ccc(C(=O)CCCn4ccnn4)cc3)co2)c(F)c1. The highest BCUT2D eigenvalue weighted by molar-refractivity contribution is 5.96. The Morgan fingerprint density at radius 1 is 1.18 bits per heavy atom. The fourth-order valence-corrected chi connectivity index (χ4v) is 3.19. The summed E-state index contributed by atoms with van der Waals surface area (Å²) in [7, 11) is 0. The van der Waals surface area contributed by atoms with Gasteiger partial charge in [-0.3, -0.25) is 9.48 Å². The molecule has 168 valence electrons. The molecule has 0 aliphatic heterocycles. The number of oxazole rings is 1. The molecule has 0 amide bonds. The average molecular weight is 446 g/mol. The van der Waals surface area contributed by atoms with Crippen LogP contribution in [0.3, 0.4) is 0 Å². The normalized spacial score (nSPS) is 11.2. The first-order valence-electron chi connectivity index (χ1n) is 10.6. The lowest BCUT2D eigenvalue weighted by atomic mass is 10.1. The number of nitrogens with zero attached hydrogens (tertiary/aromatic N) is 4. The predicted octanol–water partition coefficient (Wildman–Crippen LogP) is 5.13. The third-order valence-electron chi connectivity index (χ3n) is 4.96. The highest BCUT2D eigenvalue weighted by atomic mass is 19.1. The number of aromatic nitrogens is 4. The number of hydrogen-bond acceptors (Lipinski definition) is 6. The van der Waals surface area contributed by atoms with Crippen molar-refractivity contribution < 1.29 is 18.3 Å². The predicted molar refractivity (Wildman–Crippen MR) is 121 cm³/mol. The van der Waals surface area contributed by atoms with E-state index in [0.717, 1.165) is 5.56 Å². The zero-order valence-corrected chi connectivity index (χ0v) is 18.1. The molecule has 7 nitrogen and oxygen atoms in total. The van der Waals surface area contributed by atoms with Crippen LogP contribution in [0.4, 0.5) is 4.39 Å². The van der Waals surface area contributed by atoms with Crippen LogP contribution < -0.4 is 4.74 Å². The summed E-state index contributed by atoms with van der Waals surface area (Å²) in [4.78, 5) is 16.7. The summed E-state index contributed by atoms with van der Waals surface area (Å²) in [6.07, 6.45) is 9.24. The summed E-state index contributed by atoms with van der Waals surface area (Å²) >= 11 is 0. The van der Waals surface area contributed by atoms with E-state index in [9.17, 15) is 9.18 Å². The molecular formula is C25H23FN4O3. The molecule has 0 fully saturated rings. The molecule has 0 aliphatic carbocycles. The first-order chi connectivity index (χ1) is 16.1. The highest BCUT2D eigenvalue weighted by Gasteiger charge is 2.08. The summed E-state index contributed by atoms with van der Waals surface area (Å²) in [6.45, 7) is 2.70. The van der Waals surface area contributed by atoms with Crippen molar-refractivity contribution in [2.45, 2.75) is 32.9 Å². The Morgan fingerprint density at radius 2 is 2.03 bits per heavy atom. The average Bonchev–Trinajstić information content (AvgIpc) is 3.50. The molecule has 0 saturated heterocycles. The van der Waals surface area contributed by atoms with Gasteiger partial charge in [-0.25, -0.2) is 9.37 Å². The highest BCUT2D eigenvalue weighted by Crippen LogP contribution is 2.17. The summed E-state index contributed by atoms with van der Waals surface area (Å²) in [5.41, 5.74) is 2.57. The van der Waals surface area contributed by atoms with Gasteiger partial charge in [0.15, 0.2) is 5.78 Å². The monoisotopic (exact) mass is 446 g/mol. The molecule has 2 heterocycles. The molecule has 0 unspecified atom stereocenters. The smallest absolute Gasteiger partial charge is 0.218 e. The number of ether oxygens (including phenoxy) is 1. The number of halogens is 1. The Bertz CT molecular complexity index is 1230. The van der Waals surface area contributed by atoms with Crippen LogP contribution >= 0.6 is 0 Å². The molecule has 0 radical (unpaired) electrons. The molecule has 8 heteroatoms. The van der Waals surface area contributed by atoms with E-state index in [1.807, 2.05) is 13.0 Å². The maximum absolute atomic E-state index is 13.9. The van der Waals surface area contributed by atoms with E-state index < -0.39 is 0 Å². The number of rotatable bonds is 10. The maximum Gasteiger partial charge on any atom is 0.218 e. The van der Waals surface area contributed by atoms with Gasteiger partial charge >= 0.3 is 0 Å². The van der Waals surface area contributed by atoms with Crippen molar-refractivity contribution in [1.29, 1.82) is 0 Å². The van der Waals surface area contributed by atoms with Gasteiger partial charge in [0, 0.05) is 36.4 Å². The second kappa shape index (κ2) is 10.5. The summed E-state index contributed by atoms with van der Waals surface area (Å²) in [5.74, 6) is 0.759. The molecule has 0 aliphatic rings. The molecule has 0 saturated carbocycles. The van der Waals surface area contributed by atoms with Gasteiger partial charge in [0.05, 0.1) is 6.20 Å². The molecular weight excluding hydrogens is 423 g/mol. The van der Waals surface area contributed by atoms with Crippen LogP contribution in [0.2, 0.25) is 0 Å². The lowest BCUT2D eigenvalue weighted by molar-refractivity contribution is 0.0978. The van der Waals surface area contributed by atoms with Gasteiger partial charge in [-0.2, -0.15) is 0 Å². The van der Waals surface area contributed by atoms with Crippen LogP contribution in [0.25, 0.3) is 12.2 Å². The van der Waals surface area contributed by atoms with Crippen molar-refractivity contribution in [3.05, 3.63) is 95.2 Å². The van der Waals surface area contributed by atoms with Gasteiger partial charge in [-0.1, -0.05) is 17.3 Å². The van der Waals surface area contributed by atoms with E-state index >= 15 is 0 Å². The molecule has 2 aromatic heterocycles. The molecule has 0 N–H and O–H groups in total. The minimum atomic E-state index is -0.293. The van der Waals surface area contributed by atoms with Crippen molar-refractivity contribution in [2.75, 3.05) is 0 Å². The number of aryl methyl sites for hydroxylation is 2. The summed E-state index contributed by atoms with van der Waals surface area (Å²) in [6, 6.07) is 12.0. The number of ketones is 1. The Kier molecular flexibility index (Phi) is 7.04. The first kappa shape index (κ1) is 22.1. The number of hydrogen-bond donors (Lipinski definition) is 0. The Hall–Kier alpha value is -4.07. The van der Waals surface area contributed by atoms with E-state index in [0.29, 0.717) is 47.8 Å². The van der Waals surface area contributed by atoms with Gasteiger partial charge < -0.3 is 9.15 Å². The topological polar surface area (TPSA) is 83.0 Å². The molecule has 33 heavy (non-hydrogen) atoms. The van der Waals surface area contributed by atoms with E-state index in [-0.39, 0.29) is 18.2 Å². The van der Waals surface area contributed by atoms with Gasteiger partial charge in [0.25, 0.3) is 0 Å². The van der Waals surface area contributed by atoms with Crippen molar-refractivity contribution in [2.24, 2.45) is 0 Å². The van der Waals surface area contributed by atoms with E-state index in [1.165, 1.54) is 12.3 Å². The standard InChI is InChI=1S/C25H23FN4O3/c1-18-4-5-19(23(26)15-18)8-11-25-28-21(17-33-25)16-32-22-9-6-20(7-10-22)24(31)3-2-13-30-14-12-27-29-30/h4-12,14-15,17H,2-3,13,16H2,1H3/b11-8+. The molecule has 0 bridgehead atoms. The van der Waals surface area contributed by atoms with E-state index in [4.69, 9.17) is 9.15 Å². The zero-order chi connectivity index (χ0) is 23.0. The van der Waals surface area contributed by atoms with Crippen molar-refractivity contribution in [3.63, 3.8) is 0 Å². The Morgan fingerprint density at radius 3 is 2.79 bits per heavy atom. The van der Waals surface area contributed by atoms with E-state index in [1.54, 1.807) is 59.6 Å². The van der Waals surface area contributed by atoms with E-state index in [2.05, 4.69) is 15.3 Å². The van der Waals surface area contributed by atoms with Crippen molar-refractivity contribution in [1.82, 2.24) is 20.0 Å². The lowest BCUT2D eigenvalue weighted by Crippen LogP contribution is -2.04. The zero-order valence-electron chi connectivity index (χ0n) is 18.1.